The maximum Gasteiger partial charge on any atom is 0.162 e. The standard InChI is InChI=1S/C30H29N2S.C13H24O2.Ir/c1-19(2)14-21-10-11-25(29-24(21)12-13-33-29)28-17-27(31-18-32-28)22-15-20-8-6-7-9-23(20)26(16-22)30(3,4)5;1-5-10(6-2)12(14)9-13(15)11(7-3)8-4;/h6-13,16-19H,14H2,1-5H3;9-11,14H,5-8H2,1-4H3;/q-1;;/b;12-9-;. The van der Waals surface area contributed by atoms with Gasteiger partial charge < -0.3 is 5.11 Å². The maximum absolute atomic E-state index is 11.7. The molecule has 0 saturated carbocycles. The number of hydrogen-bond donors (Lipinski definition) is 1. The first kappa shape index (κ1) is 40.3. The number of rotatable bonds is 11. The Hall–Kier alpha value is -3.18. The monoisotopic (exact) mass is 854 g/mol. The molecule has 0 atom stereocenters. The SMILES string of the molecule is CC(C)Cc1ccc(-c2cc(-c3[c-]c4ccccc4c(C(C)(C)C)c3)ncn2)c2sccc12.CCC(CC)C(=O)/C=C(\O)C(CC)CC.[Ir]. The van der Waals surface area contributed by atoms with Crippen LogP contribution in [0, 0.1) is 23.8 Å². The first-order chi connectivity index (χ1) is 22.9. The average Bonchev–Trinajstić information content (AvgIpc) is 3.56. The van der Waals surface area contributed by atoms with E-state index in [4.69, 9.17) is 0 Å². The molecule has 1 N–H and O–H groups in total. The third kappa shape index (κ3) is 9.96. The number of carbonyl (C=O) groups is 1. The van der Waals surface area contributed by atoms with Crippen LogP contribution in [0.5, 0.6) is 0 Å². The fourth-order valence-electron chi connectivity index (χ4n) is 6.36. The summed E-state index contributed by atoms with van der Waals surface area (Å²) in [5.41, 5.74) is 6.81. The van der Waals surface area contributed by atoms with Crippen LogP contribution in [0.25, 0.3) is 43.4 Å². The van der Waals surface area contributed by atoms with E-state index in [1.165, 1.54) is 38.2 Å². The molecule has 0 saturated heterocycles. The summed E-state index contributed by atoms with van der Waals surface area (Å²) in [5, 5.41) is 15.7. The Morgan fingerprint density at radius 3 is 2.16 bits per heavy atom. The van der Waals surface area contributed by atoms with Crippen molar-refractivity contribution < 1.29 is 30.0 Å². The van der Waals surface area contributed by atoms with Gasteiger partial charge in [-0.25, -0.2) is 4.98 Å². The van der Waals surface area contributed by atoms with Gasteiger partial charge in [-0.3, -0.25) is 9.78 Å². The van der Waals surface area contributed by atoms with Gasteiger partial charge in [-0.15, -0.1) is 40.5 Å². The van der Waals surface area contributed by atoms with E-state index in [0.29, 0.717) is 5.92 Å². The number of aliphatic hydroxyl groups is 1. The number of carbonyl (C=O) groups excluding carboxylic acids is 1. The van der Waals surface area contributed by atoms with Crippen LogP contribution in [0.15, 0.2) is 78.1 Å². The minimum absolute atomic E-state index is 0. The summed E-state index contributed by atoms with van der Waals surface area (Å²) >= 11 is 1.79. The maximum atomic E-state index is 11.7. The number of fused-ring (bicyclic) bond motifs is 2. The first-order valence-corrected chi connectivity index (χ1v) is 18.5. The molecule has 263 valence electrons. The molecule has 6 heteroatoms. The van der Waals surface area contributed by atoms with Gasteiger partial charge in [-0.05, 0) is 71.9 Å². The predicted molar refractivity (Wildman–Crippen MR) is 206 cm³/mol. The van der Waals surface area contributed by atoms with Gasteiger partial charge in [0.15, 0.2) is 5.78 Å². The zero-order valence-corrected chi connectivity index (χ0v) is 33.9. The second-order valence-corrected chi connectivity index (χ2v) is 15.1. The normalized spacial score (nSPS) is 12.0. The van der Waals surface area contributed by atoms with Gasteiger partial charge in [-0.1, -0.05) is 104 Å². The average molecular weight is 854 g/mol. The van der Waals surface area contributed by atoms with Gasteiger partial charge in [0.25, 0.3) is 0 Å². The van der Waals surface area contributed by atoms with Crippen LogP contribution in [-0.4, -0.2) is 20.9 Å². The van der Waals surface area contributed by atoms with Crippen molar-refractivity contribution in [3.05, 3.63) is 95.3 Å². The molecule has 0 unspecified atom stereocenters. The van der Waals surface area contributed by atoms with Crippen molar-refractivity contribution in [2.75, 3.05) is 0 Å². The van der Waals surface area contributed by atoms with Crippen molar-refractivity contribution in [2.24, 2.45) is 17.8 Å². The molecule has 5 aromatic rings. The Labute approximate surface area is 311 Å². The molecule has 3 aromatic carbocycles. The van der Waals surface area contributed by atoms with E-state index < -0.39 is 0 Å². The molecule has 0 aliphatic heterocycles. The number of ketones is 1. The molecule has 0 aliphatic carbocycles. The number of aromatic nitrogens is 2. The topological polar surface area (TPSA) is 63.1 Å². The molecule has 0 fully saturated rings. The number of benzene rings is 3. The molecule has 1 radical (unpaired) electrons. The second kappa shape index (κ2) is 18.2. The number of thiophene rings is 1. The van der Waals surface area contributed by atoms with Crippen LogP contribution < -0.4 is 0 Å². The van der Waals surface area contributed by atoms with E-state index >= 15 is 0 Å². The zero-order chi connectivity index (χ0) is 35.0. The number of nitrogens with zero attached hydrogens (tertiary/aromatic N) is 2. The van der Waals surface area contributed by atoms with Gasteiger partial charge in [0.05, 0.1) is 11.5 Å². The van der Waals surface area contributed by atoms with Crippen molar-refractivity contribution in [3.63, 3.8) is 0 Å². The fourth-order valence-corrected chi connectivity index (χ4v) is 7.33. The second-order valence-electron chi connectivity index (χ2n) is 14.2. The number of aliphatic hydroxyl groups excluding tert-OH is 1. The Morgan fingerprint density at radius 1 is 0.878 bits per heavy atom. The van der Waals surface area contributed by atoms with Crippen LogP contribution in [-0.2, 0) is 36.7 Å². The Morgan fingerprint density at radius 2 is 1.53 bits per heavy atom. The first-order valence-electron chi connectivity index (χ1n) is 17.6. The Balaban J connectivity index is 0.000000347. The molecular formula is C43H53IrN2O2S-. The molecule has 2 heterocycles. The van der Waals surface area contributed by atoms with E-state index in [1.54, 1.807) is 17.7 Å². The smallest absolute Gasteiger partial charge is 0.162 e. The molecule has 49 heavy (non-hydrogen) atoms. The van der Waals surface area contributed by atoms with Crippen LogP contribution in [0.2, 0.25) is 0 Å². The zero-order valence-electron chi connectivity index (χ0n) is 30.7. The van der Waals surface area contributed by atoms with Crippen LogP contribution in [0.3, 0.4) is 0 Å². The summed E-state index contributed by atoms with van der Waals surface area (Å²) in [5.74, 6) is 1.18. The third-order valence-electron chi connectivity index (χ3n) is 9.22. The number of allylic oxidation sites excluding steroid dienone is 2. The van der Waals surface area contributed by atoms with E-state index in [-0.39, 0.29) is 48.9 Å². The molecule has 0 aliphatic rings. The van der Waals surface area contributed by atoms with Crippen LogP contribution >= 0.6 is 11.3 Å². The van der Waals surface area contributed by atoms with Gasteiger partial charge in [0.2, 0.25) is 0 Å². The van der Waals surface area contributed by atoms with Crippen molar-refractivity contribution in [2.45, 2.75) is 99.8 Å². The van der Waals surface area contributed by atoms with Crippen molar-refractivity contribution >= 4 is 38.0 Å². The molecular weight excluding hydrogens is 801 g/mol. The summed E-state index contributed by atoms with van der Waals surface area (Å²) in [6.07, 6.45) is 7.68. The van der Waals surface area contributed by atoms with Gasteiger partial charge >= 0.3 is 0 Å². The van der Waals surface area contributed by atoms with Crippen LogP contribution in [0.1, 0.15) is 99.1 Å². The summed E-state index contributed by atoms with van der Waals surface area (Å²) in [7, 11) is 0. The molecule has 5 rings (SSSR count). The number of hydrogen-bond acceptors (Lipinski definition) is 5. The fraction of sp³-hybridized carbons (Fsp3) is 0.419. The largest absolute Gasteiger partial charge is 0.512 e. The summed E-state index contributed by atoms with van der Waals surface area (Å²) < 4.78 is 1.30. The minimum Gasteiger partial charge on any atom is -0.512 e. The minimum atomic E-state index is 0. The molecule has 0 spiro atoms. The summed E-state index contributed by atoms with van der Waals surface area (Å²) in [4.78, 5) is 21.0. The Bertz CT molecular complexity index is 1860. The van der Waals surface area contributed by atoms with E-state index in [0.717, 1.165) is 54.4 Å². The van der Waals surface area contributed by atoms with Crippen molar-refractivity contribution in [1.29, 1.82) is 0 Å². The summed E-state index contributed by atoms with van der Waals surface area (Å²) in [6.45, 7) is 19.4. The van der Waals surface area contributed by atoms with E-state index in [2.05, 4.69) is 111 Å². The van der Waals surface area contributed by atoms with E-state index in [1.807, 2.05) is 27.7 Å². The molecule has 0 amide bonds. The van der Waals surface area contributed by atoms with Crippen molar-refractivity contribution in [1.82, 2.24) is 9.97 Å². The predicted octanol–water partition coefficient (Wildman–Crippen LogP) is 12.3. The summed E-state index contributed by atoms with van der Waals surface area (Å²) in [6, 6.07) is 23.2. The van der Waals surface area contributed by atoms with Gasteiger partial charge in [0.1, 0.15) is 6.33 Å². The molecule has 4 nitrogen and oxygen atoms in total. The van der Waals surface area contributed by atoms with Gasteiger partial charge in [0, 0.05) is 54.0 Å². The molecule has 2 aromatic heterocycles. The van der Waals surface area contributed by atoms with Crippen molar-refractivity contribution in [3.8, 4) is 22.5 Å². The third-order valence-corrected chi connectivity index (χ3v) is 10.2. The van der Waals surface area contributed by atoms with E-state index in [9.17, 15) is 9.90 Å². The quantitative estimate of drug-likeness (QED) is 0.0817. The Kier molecular flexibility index (Phi) is 14.9. The van der Waals surface area contributed by atoms with Crippen LogP contribution in [0.4, 0.5) is 0 Å². The van der Waals surface area contributed by atoms with Gasteiger partial charge in [-0.2, -0.15) is 0 Å². The molecule has 0 bridgehead atoms.